The molecular weight excluding hydrogens is 222 g/mol. The molecule has 0 bridgehead atoms. The first kappa shape index (κ1) is 12.9. The predicted molar refractivity (Wildman–Crippen MR) is 74.6 cm³/mol. The van der Waals surface area contributed by atoms with E-state index in [0.29, 0.717) is 5.92 Å². The van der Waals surface area contributed by atoms with Crippen molar-refractivity contribution in [3.05, 3.63) is 47.0 Å². The summed E-state index contributed by atoms with van der Waals surface area (Å²) >= 11 is 0. The zero-order valence-electron chi connectivity index (χ0n) is 11.2. The highest BCUT2D eigenvalue weighted by atomic mass is 16.1. The predicted octanol–water partition coefficient (Wildman–Crippen LogP) is 3.19. The Morgan fingerprint density at radius 2 is 2.17 bits per heavy atom. The Hall–Kier alpha value is -1.57. The van der Waals surface area contributed by atoms with Gasteiger partial charge < -0.3 is 5.32 Å². The summed E-state index contributed by atoms with van der Waals surface area (Å²) in [5.74, 6) is 0.502. The summed E-state index contributed by atoms with van der Waals surface area (Å²) in [6, 6.07) is 8.60. The van der Waals surface area contributed by atoms with Gasteiger partial charge in [-0.2, -0.15) is 0 Å². The molecule has 0 spiro atoms. The van der Waals surface area contributed by atoms with Crippen LogP contribution in [0.4, 0.5) is 0 Å². The van der Waals surface area contributed by atoms with Crippen molar-refractivity contribution in [3.8, 4) is 0 Å². The van der Waals surface area contributed by atoms with Gasteiger partial charge in [-0.05, 0) is 44.2 Å². The lowest BCUT2D eigenvalue weighted by atomic mass is 9.83. The van der Waals surface area contributed by atoms with Crippen molar-refractivity contribution in [2.45, 2.75) is 39.0 Å². The second kappa shape index (κ2) is 5.85. The fraction of sp³-hybridized carbons (Fsp3) is 0.438. The van der Waals surface area contributed by atoms with Crippen LogP contribution in [-0.2, 0) is 11.2 Å². The summed E-state index contributed by atoms with van der Waals surface area (Å²) < 4.78 is 0. The summed E-state index contributed by atoms with van der Waals surface area (Å²) in [5, 5.41) is 3.01. The monoisotopic (exact) mass is 243 g/mol. The normalized spacial score (nSPS) is 17.8. The van der Waals surface area contributed by atoms with E-state index in [4.69, 9.17) is 0 Å². The maximum Gasteiger partial charge on any atom is 0.243 e. The number of allylic oxidation sites excluding steroid dienone is 1. The molecule has 1 aliphatic carbocycles. The van der Waals surface area contributed by atoms with Crippen LogP contribution >= 0.6 is 0 Å². The van der Waals surface area contributed by atoms with Crippen LogP contribution in [-0.4, -0.2) is 12.5 Å². The van der Waals surface area contributed by atoms with E-state index < -0.39 is 0 Å². The molecule has 2 nitrogen and oxygen atoms in total. The number of nitrogens with one attached hydrogen (secondary N) is 1. The molecule has 2 heteroatoms. The highest BCUT2D eigenvalue weighted by molar-refractivity contribution is 5.88. The Labute approximate surface area is 109 Å². The van der Waals surface area contributed by atoms with Crippen molar-refractivity contribution in [2.75, 3.05) is 6.54 Å². The molecule has 0 saturated carbocycles. The smallest absolute Gasteiger partial charge is 0.243 e. The van der Waals surface area contributed by atoms with E-state index in [1.807, 2.05) is 13.8 Å². The number of carbonyl (C=O) groups excluding carboxylic acids is 1. The number of carbonyl (C=O) groups is 1. The van der Waals surface area contributed by atoms with Gasteiger partial charge in [0.05, 0.1) is 0 Å². The van der Waals surface area contributed by atoms with Crippen LogP contribution < -0.4 is 5.32 Å². The minimum atomic E-state index is 0.0260. The van der Waals surface area contributed by atoms with E-state index in [0.717, 1.165) is 12.1 Å². The van der Waals surface area contributed by atoms with Crippen LogP contribution in [0.25, 0.3) is 0 Å². The van der Waals surface area contributed by atoms with Crippen molar-refractivity contribution >= 4 is 5.91 Å². The van der Waals surface area contributed by atoms with Crippen LogP contribution in [0.1, 0.15) is 43.7 Å². The standard InChI is InChI=1S/C16H21NO/c1-12(2)10-16(18)17-11-14-8-5-7-13-6-3-4-9-15(13)14/h3-4,6,9-10,14H,5,7-8,11H2,1-2H3,(H,17,18). The number of benzene rings is 1. The van der Waals surface area contributed by atoms with Crippen molar-refractivity contribution < 1.29 is 4.79 Å². The molecule has 1 aromatic carbocycles. The summed E-state index contributed by atoms with van der Waals surface area (Å²) in [5.41, 5.74) is 3.91. The molecule has 0 radical (unpaired) electrons. The minimum Gasteiger partial charge on any atom is -0.352 e. The van der Waals surface area contributed by atoms with Gasteiger partial charge >= 0.3 is 0 Å². The summed E-state index contributed by atoms with van der Waals surface area (Å²) in [7, 11) is 0. The maximum absolute atomic E-state index is 11.6. The van der Waals surface area contributed by atoms with Crippen molar-refractivity contribution in [3.63, 3.8) is 0 Å². The maximum atomic E-state index is 11.6. The molecule has 1 atom stereocenters. The average Bonchev–Trinajstić information content (AvgIpc) is 2.35. The first-order chi connectivity index (χ1) is 8.66. The lowest BCUT2D eigenvalue weighted by molar-refractivity contribution is -0.116. The number of rotatable bonds is 3. The topological polar surface area (TPSA) is 29.1 Å². The number of aryl methyl sites for hydroxylation is 1. The Balaban J connectivity index is 1.99. The molecule has 1 unspecified atom stereocenters. The van der Waals surface area contributed by atoms with E-state index in [9.17, 15) is 4.79 Å². The van der Waals surface area contributed by atoms with E-state index in [1.54, 1.807) is 6.08 Å². The van der Waals surface area contributed by atoms with Crippen molar-refractivity contribution in [2.24, 2.45) is 0 Å². The Morgan fingerprint density at radius 1 is 1.39 bits per heavy atom. The highest BCUT2D eigenvalue weighted by Crippen LogP contribution is 2.30. The summed E-state index contributed by atoms with van der Waals surface area (Å²) in [6.45, 7) is 4.63. The lowest BCUT2D eigenvalue weighted by Gasteiger charge is -2.25. The van der Waals surface area contributed by atoms with Gasteiger partial charge in [0.15, 0.2) is 0 Å². The third-order valence-electron chi connectivity index (χ3n) is 3.44. The summed E-state index contributed by atoms with van der Waals surface area (Å²) in [6.07, 6.45) is 5.23. The molecule has 0 aromatic heterocycles. The van der Waals surface area contributed by atoms with Crippen LogP contribution in [0.2, 0.25) is 0 Å². The fourth-order valence-electron chi connectivity index (χ4n) is 2.60. The zero-order chi connectivity index (χ0) is 13.0. The van der Waals surface area contributed by atoms with Gasteiger partial charge in [-0.1, -0.05) is 29.8 Å². The van der Waals surface area contributed by atoms with Crippen LogP contribution in [0, 0.1) is 0 Å². The Morgan fingerprint density at radius 3 is 2.94 bits per heavy atom. The number of hydrogen-bond donors (Lipinski definition) is 1. The second-order valence-electron chi connectivity index (χ2n) is 5.25. The molecule has 96 valence electrons. The number of fused-ring (bicyclic) bond motifs is 1. The fourth-order valence-corrected chi connectivity index (χ4v) is 2.60. The van der Waals surface area contributed by atoms with Gasteiger partial charge in [0.25, 0.3) is 0 Å². The molecule has 18 heavy (non-hydrogen) atoms. The number of amides is 1. The Kier molecular flexibility index (Phi) is 4.19. The van der Waals surface area contributed by atoms with Crippen LogP contribution in [0.5, 0.6) is 0 Å². The minimum absolute atomic E-state index is 0.0260. The molecule has 1 aliphatic rings. The third kappa shape index (κ3) is 3.22. The van der Waals surface area contributed by atoms with E-state index in [-0.39, 0.29) is 5.91 Å². The number of hydrogen-bond acceptors (Lipinski definition) is 1. The van der Waals surface area contributed by atoms with E-state index >= 15 is 0 Å². The Bertz CT molecular complexity index is 458. The van der Waals surface area contributed by atoms with Gasteiger partial charge in [-0.25, -0.2) is 0 Å². The molecule has 1 aromatic rings. The molecule has 0 fully saturated rings. The average molecular weight is 243 g/mol. The molecule has 0 aliphatic heterocycles. The van der Waals surface area contributed by atoms with Gasteiger partial charge in [-0.3, -0.25) is 4.79 Å². The third-order valence-corrected chi connectivity index (χ3v) is 3.44. The lowest BCUT2D eigenvalue weighted by Crippen LogP contribution is -2.28. The van der Waals surface area contributed by atoms with Crippen LogP contribution in [0.15, 0.2) is 35.9 Å². The van der Waals surface area contributed by atoms with Gasteiger partial charge in [0.2, 0.25) is 5.91 Å². The quantitative estimate of drug-likeness (QED) is 0.812. The van der Waals surface area contributed by atoms with E-state index in [1.165, 1.54) is 30.4 Å². The molecule has 1 amide bonds. The van der Waals surface area contributed by atoms with Crippen LogP contribution in [0.3, 0.4) is 0 Å². The van der Waals surface area contributed by atoms with Gasteiger partial charge in [0.1, 0.15) is 0 Å². The molecule has 2 rings (SSSR count). The molecule has 1 N–H and O–H groups in total. The van der Waals surface area contributed by atoms with Crippen molar-refractivity contribution in [1.29, 1.82) is 0 Å². The highest BCUT2D eigenvalue weighted by Gasteiger charge is 2.19. The first-order valence-electron chi connectivity index (χ1n) is 6.67. The zero-order valence-corrected chi connectivity index (χ0v) is 11.2. The van der Waals surface area contributed by atoms with Gasteiger partial charge in [0, 0.05) is 18.5 Å². The second-order valence-corrected chi connectivity index (χ2v) is 5.25. The largest absolute Gasteiger partial charge is 0.352 e. The first-order valence-corrected chi connectivity index (χ1v) is 6.67. The molecule has 0 saturated heterocycles. The van der Waals surface area contributed by atoms with E-state index in [2.05, 4.69) is 29.6 Å². The molecular formula is C16H21NO. The summed E-state index contributed by atoms with van der Waals surface area (Å²) in [4.78, 5) is 11.6. The van der Waals surface area contributed by atoms with Crippen molar-refractivity contribution in [1.82, 2.24) is 5.32 Å². The SMILES string of the molecule is CC(C)=CC(=O)NCC1CCCc2ccccc21. The molecule has 0 heterocycles. The van der Waals surface area contributed by atoms with Gasteiger partial charge in [-0.15, -0.1) is 0 Å².